The standard InChI is InChI=1S/C11H16N4O2S/c1-2-8-7-14(5-6-18-8)11-9(15(16)17)3-4-10(12)13-11/h3-4,8H,2,5-7H2,1H3,(H2,12,13). The highest BCUT2D eigenvalue weighted by molar-refractivity contribution is 8.00. The van der Waals surface area contributed by atoms with Crippen LogP contribution in [0.5, 0.6) is 0 Å². The molecule has 1 atom stereocenters. The fourth-order valence-electron chi connectivity index (χ4n) is 1.99. The number of thioether (sulfide) groups is 1. The zero-order valence-corrected chi connectivity index (χ0v) is 11.0. The number of rotatable bonds is 3. The van der Waals surface area contributed by atoms with Gasteiger partial charge in [0, 0.05) is 30.2 Å². The monoisotopic (exact) mass is 268 g/mol. The molecule has 0 aliphatic carbocycles. The summed E-state index contributed by atoms with van der Waals surface area (Å²) in [5.74, 6) is 1.69. The van der Waals surface area contributed by atoms with E-state index in [1.165, 1.54) is 12.1 Å². The van der Waals surface area contributed by atoms with E-state index in [0.29, 0.717) is 16.9 Å². The van der Waals surface area contributed by atoms with Crippen molar-refractivity contribution in [2.45, 2.75) is 18.6 Å². The molecule has 6 nitrogen and oxygen atoms in total. The first-order chi connectivity index (χ1) is 8.61. The normalized spacial score (nSPS) is 19.8. The zero-order chi connectivity index (χ0) is 13.1. The lowest BCUT2D eigenvalue weighted by Crippen LogP contribution is -2.38. The minimum Gasteiger partial charge on any atom is -0.384 e. The summed E-state index contributed by atoms with van der Waals surface area (Å²) in [5, 5.41) is 11.5. The van der Waals surface area contributed by atoms with Crippen LogP contribution in [0.1, 0.15) is 13.3 Å². The second-order valence-corrected chi connectivity index (χ2v) is 5.59. The van der Waals surface area contributed by atoms with Crippen LogP contribution in [0.3, 0.4) is 0 Å². The lowest BCUT2D eigenvalue weighted by Gasteiger charge is -2.32. The summed E-state index contributed by atoms with van der Waals surface area (Å²) in [6, 6.07) is 2.90. The van der Waals surface area contributed by atoms with Crippen molar-refractivity contribution in [2.75, 3.05) is 29.5 Å². The van der Waals surface area contributed by atoms with Gasteiger partial charge in [-0.15, -0.1) is 0 Å². The van der Waals surface area contributed by atoms with Gasteiger partial charge in [-0.05, 0) is 12.5 Å². The average Bonchev–Trinajstić information content (AvgIpc) is 2.38. The van der Waals surface area contributed by atoms with Gasteiger partial charge in [-0.3, -0.25) is 10.1 Å². The molecule has 1 aromatic rings. The molecular formula is C11H16N4O2S. The maximum absolute atomic E-state index is 11.0. The molecule has 0 amide bonds. The van der Waals surface area contributed by atoms with Gasteiger partial charge in [-0.1, -0.05) is 6.92 Å². The lowest BCUT2D eigenvalue weighted by atomic mass is 10.2. The number of pyridine rings is 1. The molecule has 1 aromatic heterocycles. The Balaban J connectivity index is 2.31. The van der Waals surface area contributed by atoms with E-state index in [1.54, 1.807) is 0 Å². The van der Waals surface area contributed by atoms with E-state index in [4.69, 9.17) is 5.73 Å². The molecule has 98 valence electrons. The highest BCUT2D eigenvalue weighted by Crippen LogP contribution is 2.31. The summed E-state index contributed by atoms with van der Waals surface area (Å²) in [6.45, 7) is 3.69. The Bertz CT molecular complexity index is 455. The number of hydrogen-bond acceptors (Lipinski definition) is 6. The van der Waals surface area contributed by atoms with Gasteiger partial charge in [0.2, 0.25) is 5.82 Å². The van der Waals surface area contributed by atoms with E-state index in [-0.39, 0.29) is 5.69 Å². The first-order valence-electron chi connectivity index (χ1n) is 5.89. The first kappa shape index (κ1) is 12.9. The summed E-state index contributed by atoms with van der Waals surface area (Å²) >= 11 is 1.91. The molecule has 1 saturated heterocycles. The Morgan fingerprint density at radius 3 is 3.11 bits per heavy atom. The van der Waals surface area contributed by atoms with E-state index < -0.39 is 4.92 Å². The zero-order valence-electron chi connectivity index (χ0n) is 10.2. The minimum atomic E-state index is -0.398. The number of nitrogens with two attached hydrogens (primary N) is 1. The average molecular weight is 268 g/mol. The number of aromatic nitrogens is 1. The van der Waals surface area contributed by atoms with E-state index in [9.17, 15) is 10.1 Å². The molecule has 7 heteroatoms. The Labute approximate surface area is 110 Å². The van der Waals surface area contributed by atoms with Crippen molar-refractivity contribution in [3.8, 4) is 0 Å². The topological polar surface area (TPSA) is 85.3 Å². The van der Waals surface area contributed by atoms with Crippen LogP contribution in [-0.2, 0) is 0 Å². The summed E-state index contributed by atoms with van der Waals surface area (Å²) in [4.78, 5) is 16.7. The molecule has 0 radical (unpaired) electrons. The minimum absolute atomic E-state index is 0.0333. The highest BCUT2D eigenvalue weighted by Gasteiger charge is 2.26. The fraction of sp³-hybridized carbons (Fsp3) is 0.545. The quantitative estimate of drug-likeness (QED) is 0.665. The third-order valence-electron chi connectivity index (χ3n) is 2.97. The van der Waals surface area contributed by atoms with Crippen LogP contribution in [0.4, 0.5) is 17.3 Å². The largest absolute Gasteiger partial charge is 0.384 e. The third kappa shape index (κ3) is 2.66. The highest BCUT2D eigenvalue weighted by atomic mass is 32.2. The van der Waals surface area contributed by atoms with E-state index >= 15 is 0 Å². The lowest BCUT2D eigenvalue weighted by molar-refractivity contribution is -0.384. The smallest absolute Gasteiger partial charge is 0.311 e. The summed E-state index contributed by atoms with van der Waals surface area (Å²) < 4.78 is 0. The van der Waals surface area contributed by atoms with Crippen LogP contribution in [-0.4, -0.2) is 34.0 Å². The number of anilines is 2. The number of hydrogen-bond donors (Lipinski definition) is 1. The van der Waals surface area contributed by atoms with Crippen LogP contribution in [0.2, 0.25) is 0 Å². The molecule has 1 fully saturated rings. The number of nitrogens with zero attached hydrogens (tertiary/aromatic N) is 3. The van der Waals surface area contributed by atoms with Crippen molar-refractivity contribution < 1.29 is 4.92 Å². The van der Waals surface area contributed by atoms with Crippen LogP contribution >= 0.6 is 11.8 Å². The van der Waals surface area contributed by atoms with Gasteiger partial charge < -0.3 is 10.6 Å². The van der Waals surface area contributed by atoms with Crippen molar-refractivity contribution in [2.24, 2.45) is 0 Å². The van der Waals surface area contributed by atoms with Crippen molar-refractivity contribution in [1.29, 1.82) is 0 Å². The molecule has 0 spiro atoms. The summed E-state index contributed by atoms with van der Waals surface area (Å²) in [6.07, 6.45) is 1.05. The Hall–Kier alpha value is -1.50. The predicted molar refractivity (Wildman–Crippen MR) is 74.1 cm³/mol. The van der Waals surface area contributed by atoms with Crippen LogP contribution < -0.4 is 10.6 Å². The predicted octanol–water partition coefficient (Wildman–Crippen LogP) is 1.90. The van der Waals surface area contributed by atoms with Crippen molar-refractivity contribution in [3.05, 3.63) is 22.2 Å². The van der Waals surface area contributed by atoms with Gasteiger partial charge >= 0.3 is 5.69 Å². The first-order valence-corrected chi connectivity index (χ1v) is 6.94. The van der Waals surface area contributed by atoms with Gasteiger partial charge in [0.1, 0.15) is 5.82 Å². The van der Waals surface area contributed by atoms with Gasteiger partial charge in [0.25, 0.3) is 0 Å². The maximum atomic E-state index is 11.0. The maximum Gasteiger partial charge on any atom is 0.311 e. The van der Waals surface area contributed by atoms with Crippen molar-refractivity contribution >= 4 is 29.1 Å². The Morgan fingerprint density at radius 2 is 2.44 bits per heavy atom. The third-order valence-corrected chi connectivity index (χ3v) is 4.34. The van der Waals surface area contributed by atoms with Crippen LogP contribution in [0, 0.1) is 10.1 Å². The summed E-state index contributed by atoms with van der Waals surface area (Å²) in [7, 11) is 0. The molecule has 2 N–H and O–H groups in total. The molecule has 2 heterocycles. The fourth-order valence-corrected chi connectivity index (χ4v) is 3.17. The Morgan fingerprint density at radius 1 is 1.67 bits per heavy atom. The summed E-state index contributed by atoms with van der Waals surface area (Å²) in [5.41, 5.74) is 5.67. The molecule has 0 aromatic carbocycles. The number of nitro groups is 1. The van der Waals surface area contributed by atoms with Gasteiger partial charge in [0.15, 0.2) is 0 Å². The van der Waals surface area contributed by atoms with Gasteiger partial charge in [-0.2, -0.15) is 11.8 Å². The van der Waals surface area contributed by atoms with E-state index in [2.05, 4.69) is 11.9 Å². The molecule has 1 unspecified atom stereocenters. The second-order valence-electron chi connectivity index (χ2n) is 4.18. The molecule has 1 aliphatic rings. The van der Waals surface area contributed by atoms with E-state index in [1.807, 2.05) is 16.7 Å². The number of nitrogen functional groups attached to an aromatic ring is 1. The second kappa shape index (κ2) is 5.43. The van der Waals surface area contributed by atoms with Crippen LogP contribution in [0.15, 0.2) is 12.1 Å². The van der Waals surface area contributed by atoms with Crippen LogP contribution in [0.25, 0.3) is 0 Å². The molecule has 1 aliphatic heterocycles. The van der Waals surface area contributed by atoms with E-state index in [0.717, 1.165) is 25.3 Å². The van der Waals surface area contributed by atoms with Gasteiger partial charge in [-0.25, -0.2) is 4.98 Å². The molecular weight excluding hydrogens is 252 g/mol. The molecule has 0 saturated carbocycles. The van der Waals surface area contributed by atoms with Crippen molar-refractivity contribution in [1.82, 2.24) is 4.98 Å². The molecule has 0 bridgehead atoms. The van der Waals surface area contributed by atoms with Crippen molar-refractivity contribution in [3.63, 3.8) is 0 Å². The van der Waals surface area contributed by atoms with Gasteiger partial charge in [0.05, 0.1) is 4.92 Å². The molecule has 18 heavy (non-hydrogen) atoms. The Kier molecular flexibility index (Phi) is 3.90. The SMILES string of the molecule is CCC1CN(c2nc(N)ccc2[N+](=O)[O-])CCS1. The molecule has 2 rings (SSSR count).